The topological polar surface area (TPSA) is 87.7 Å². The fraction of sp³-hybridized carbons (Fsp3) is 0.556. The molecule has 0 heterocycles. The van der Waals surface area contributed by atoms with Crippen LogP contribution in [0, 0.1) is 17.8 Å². The van der Waals surface area contributed by atoms with E-state index in [1.807, 2.05) is 0 Å². The molecule has 3 rings (SSSR count). The van der Waals surface area contributed by atoms with Crippen LogP contribution in [0.1, 0.15) is 42.5 Å². The van der Waals surface area contributed by atoms with Gasteiger partial charge < -0.3 is 24.7 Å². The Morgan fingerprint density at radius 1 is 1.17 bits per heavy atom. The third-order valence-corrected chi connectivity index (χ3v) is 5.35. The lowest BCUT2D eigenvalue weighted by Crippen LogP contribution is -2.26. The van der Waals surface area contributed by atoms with E-state index in [4.69, 9.17) is 9.47 Å². The number of amides is 1. The number of nitrogens with one attached hydrogen (secondary N) is 1. The van der Waals surface area contributed by atoms with Crippen molar-refractivity contribution in [2.45, 2.75) is 32.1 Å². The number of benzene rings is 1. The summed E-state index contributed by atoms with van der Waals surface area (Å²) >= 11 is 0. The second kappa shape index (κ2) is 6.71. The average Bonchev–Trinajstić information content (AvgIpc) is 3.16. The molecule has 0 aliphatic heterocycles. The van der Waals surface area contributed by atoms with Crippen LogP contribution in [-0.4, -0.2) is 26.1 Å². The van der Waals surface area contributed by atoms with Crippen molar-refractivity contribution >= 4 is 17.6 Å². The Kier molecular flexibility index (Phi) is 4.64. The summed E-state index contributed by atoms with van der Waals surface area (Å²) in [6, 6.07) is 2.77. The highest BCUT2D eigenvalue weighted by Crippen LogP contribution is 2.49. The predicted molar refractivity (Wildman–Crippen MR) is 86.1 cm³/mol. The number of anilines is 1. The van der Waals surface area contributed by atoms with Gasteiger partial charge in [-0.2, -0.15) is 0 Å². The molecule has 0 saturated heterocycles. The fourth-order valence-corrected chi connectivity index (χ4v) is 4.22. The summed E-state index contributed by atoms with van der Waals surface area (Å²) in [5, 5.41) is 14.1. The van der Waals surface area contributed by atoms with Gasteiger partial charge in [0.15, 0.2) is 11.5 Å². The molecule has 2 bridgehead atoms. The molecule has 0 unspecified atom stereocenters. The average molecular weight is 332 g/mol. The van der Waals surface area contributed by atoms with Crippen LogP contribution in [0.5, 0.6) is 11.5 Å². The first-order chi connectivity index (χ1) is 11.5. The molecular formula is C18H22NO5-. The zero-order chi connectivity index (χ0) is 17.3. The van der Waals surface area contributed by atoms with Crippen LogP contribution in [0.3, 0.4) is 0 Å². The number of fused-ring (bicyclic) bond motifs is 2. The Bertz CT molecular complexity index is 657. The van der Waals surface area contributed by atoms with Crippen molar-refractivity contribution in [1.29, 1.82) is 0 Å². The van der Waals surface area contributed by atoms with Gasteiger partial charge in [-0.3, -0.25) is 4.79 Å². The van der Waals surface area contributed by atoms with Crippen molar-refractivity contribution in [3.63, 3.8) is 0 Å². The minimum Gasteiger partial charge on any atom is -0.545 e. The lowest BCUT2D eigenvalue weighted by molar-refractivity contribution is -0.254. The number of aromatic carboxylic acids is 1. The van der Waals surface area contributed by atoms with E-state index in [1.54, 1.807) is 0 Å². The molecule has 0 aromatic heterocycles. The van der Waals surface area contributed by atoms with E-state index in [0.717, 1.165) is 12.3 Å². The quantitative estimate of drug-likeness (QED) is 0.859. The van der Waals surface area contributed by atoms with Gasteiger partial charge in [-0.05, 0) is 43.1 Å². The van der Waals surface area contributed by atoms with Crippen molar-refractivity contribution in [1.82, 2.24) is 0 Å². The Hall–Kier alpha value is -2.24. The first kappa shape index (κ1) is 16.6. The van der Waals surface area contributed by atoms with E-state index in [0.29, 0.717) is 24.0 Å². The molecule has 1 aromatic carbocycles. The lowest BCUT2D eigenvalue weighted by atomic mass is 9.86. The van der Waals surface area contributed by atoms with Gasteiger partial charge in [0.05, 0.1) is 25.9 Å². The molecule has 2 aliphatic rings. The molecule has 6 nitrogen and oxygen atoms in total. The van der Waals surface area contributed by atoms with Gasteiger partial charge in [0, 0.05) is 18.1 Å². The number of ether oxygens (including phenoxy) is 2. The maximum absolute atomic E-state index is 12.4. The number of carbonyl (C=O) groups is 2. The summed E-state index contributed by atoms with van der Waals surface area (Å²) in [7, 11) is 2.88. The molecule has 3 atom stereocenters. The maximum Gasteiger partial charge on any atom is 0.224 e. The zero-order valence-electron chi connectivity index (χ0n) is 14.0. The summed E-state index contributed by atoms with van der Waals surface area (Å²) in [5.41, 5.74) is 0.0646. The van der Waals surface area contributed by atoms with Crippen LogP contribution >= 0.6 is 0 Å². The number of hydrogen-bond donors (Lipinski definition) is 1. The number of hydrogen-bond acceptors (Lipinski definition) is 5. The molecule has 2 fully saturated rings. The summed E-state index contributed by atoms with van der Waals surface area (Å²) in [6.45, 7) is 0. The van der Waals surface area contributed by atoms with Crippen LogP contribution in [0.15, 0.2) is 12.1 Å². The van der Waals surface area contributed by atoms with E-state index >= 15 is 0 Å². The van der Waals surface area contributed by atoms with Crippen molar-refractivity contribution in [3.05, 3.63) is 17.7 Å². The van der Waals surface area contributed by atoms with Crippen molar-refractivity contribution in [2.24, 2.45) is 17.8 Å². The molecular weight excluding hydrogens is 310 g/mol. The summed E-state index contributed by atoms with van der Waals surface area (Å²) in [5.74, 6) is 0.934. The second-order valence-electron chi connectivity index (χ2n) is 6.73. The van der Waals surface area contributed by atoms with Crippen molar-refractivity contribution in [2.75, 3.05) is 19.5 Å². The van der Waals surface area contributed by atoms with Crippen molar-refractivity contribution in [3.8, 4) is 11.5 Å². The predicted octanol–water partition coefficient (Wildman–Crippen LogP) is 1.83. The number of rotatable bonds is 6. The van der Waals surface area contributed by atoms with Crippen LogP contribution in [0.2, 0.25) is 0 Å². The Balaban J connectivity index is 1.75. The largest absolute Gasteiger partial charge is 0.545 e. The highest BCUT2D eigenvalue weighted by atomic mass is 16.5. The molecule has 1 amide bonds. The molecule has 2 saturated carbocycles. The van der Waals surface area contributed by atoms with Crippen LogP contribution in [-0.2, 0) is 4.79 Å². The van der Waals surface area contributed by atoms with Gasteiger partial charge in [0.1, 0.15) is 0 Å². The highest BCUT2D eigenvalue weighted by Gasteiger charge is 2.40. The highest BCUT2D eigenvalue weighted by molar-refractivity contribution is 6.00. The van der Waals surface area contributed by atoms with E-state index < -0.39 is 5.97 Å². The van der Waals surface area contributed by atoms with Gasteiger partial charge in [0.2, 0.25) is 5.91 Å². The molecule has 130 valence electrons. The normalized spacial score (nSPS) is 24.7. The maximum atomic E-state index is 12.4. The number of carboxylic acid groups (broad SMARTS) is 1. The van der Waals surface area contributed by atoms with Crippen molar-refractivity contribution < 1.29 is 24.2 Å². The number of methoxy groups -OCH3 is 2. The Labute approximate surface area is 141 Å². The van der Waals surface area contributed by atoms with E-state index in [-0.39, 0.29) is 22.9 Å². The zero-order valence-corrected chi connectivity index (χ0v) is 14.0. The number of carboxylic acids is 1. The molecule has 0 spiro atoms. The second-order valence-corrected chi connectivity index (χ2v) is 6.73. The van der Waals surface area contributed by atoms with Gasteiger partial charge in [-0.1, -0.05) is 6.42 Å². The third-order valence-electron chi connectivity index (χ3n) is 5.35. The van der Waals surface area contributed by atoms with E-state index in [1.165, 1.54) is 45.6 Å². The third kappa shape index (κ3) is 3.18. The van der Waals surface area contributed by atoms with E-state index in [9.17, 15) is 14.7 Å². The first-order valence-electron chi connectivity index (χ1n) is 8.29. The van der Waals surface area contributed by atoms with Crippen LogP contribution in [0.4, 0.5) is 5.69 Å². The molecule has 1 aromatic rings. The van der Waals surface area contributed by atoms with Crippen LogP contribution < -0.4 is 19.9 Å². The first-order valence-corrected chi connectivity index (χ1v) is 8.29. The van der Waals surface area contributed by atoms with Gasteiger partial charge in [-0.25, -0.2) is 0 Å². The lowest BCUT2D eigenvalue weighted by Gasteiger charge is -2.22. The van der Waals surface area contributed by atoms with Crippen LogP contribution in [0.25, 0.3) is 0 Å². The summed E-state index contributed by atoms with van der Waals surface area (Å²) in [6.07, 6.45) is 5.27. The Morgan fingerprint density at radius 3 is 2.42 bits per heavy atom. The standard InChI is InChI=1S/C18H23NO5/c1-23-15-8-13(18(21)22)14(9-16(15)24-2)19-17(20)7-12-6-10-3-4-11(12)5-10/h8-12H,3-7H2,1-2H3,(H,19,20)(H,21,22)/p-1/t10-,11+,12+/m0/s1. The molecule has 6 heteroatoms. The van der Waals surface area contributed by atoms with Gasteiger partial charge >= 0.3 is 0 Å². The molecule has 2 aliphatic carbocycles. The number of carbonyl (C=O) groups excluding carboxylic acids is 2. The summed E-state index contributed by atoms with van der Waals surface area (Å²) in [4.78, 5) is 23.7. The Morgan fingerprint density at radius 2 is 1.88 bits per heavy atom. The monoisotopic (exact) mass is 332 g/mol. The molecule has 24 heavy (non-hydrogen) atoms. The minimum atomic E-state index is -1.37. The van der Waals surface area contributed by atoms with Gasteiger partial charge in [0.25, 0.3) is 0 Å². The smallest absolute Gasteiger partial charge is 0.224 e. The fourth-order valence-electron chi connectivity index (χ4n) is 4.22. The SMILES string of the molecule is COc1cc(NC(=O)C[C@H]2C[C@H]3CC[C@@H]2C3)c(C(=O)[O-])cc1OC. The molecule has 1 N–H and O–H groups in total. The minimum absolute atomic E-state index is 0.117. The van der Waals surface area contributed by atoms with E-state index in [2.05, 4.69) is 5.32 Å². The molecule has 0 radical (unpaired) electrons. The van der Waals surface area contributed by atoms with Gasteiger partial charge in [-0.15, -0.1) is 0 Å². The summed E-state index contributed by atoms with van der Waals surface area (Å²) < 4.78 is 10.3.